The van der Waals surface area contributed by atoms with Crippen molar-refractivity contribution in [2.75, 3.05) is 5.32 Å². The lowest BCUT2D eigenvalue weighted by Gasteiger charge is -2.14. The molecule has 1 heterocycles. The Hall–Kier alpha value is -2.15. The van der Waals surface area contributed by atoms with Gasteiger partial charge in [0.25, 0.3) is 0 Å². The van der Waals surface area contributed by atoms with Gasteiger partial charge in [-0.25, -0.2) is 0 Å². The summed E-state index contributed by atoms with van der Waals surface area (Å²) in [7, 11) is 0. The number of hydrogen-bond acceptors (Lipinski definition) is 3. The van der Waals surface area contributed by atoms with Crippen LogP contribution in [0, 0.1) is 0 Å². The van der Waals surface area contributed by atoms with Crippen LogP contribution in [0.15, 0.2) is 42.6 Å². The Morgan fingerprint density at radius 3 is 2.57 bits per heavy atom. The highest BCUT2D eigenvalue weighted by Gasteiger charge is 2.31. The second-order valence-corrected chi connectivity index (χ2v) is 4.74. The number of nitrogens with zero attached hydrogens (tertiary/aromatic N) is 1. The third kappa shape index (κ3) is 3.91. The van der Waals surface area contributed by atoms with Crippen LogP contribution in [0.3, 0.4) is 0 Å². The molecule has 1 aromatic heterocycles. The lowest BCUT2D eigenvalue weighted by atomic mass is 10.1. The highest BCUT2D eigenvalue weighted by Crippen LogP contribution is 2.32. The molecule has 3 N–H and O–H groups in total. The van der Waals surface area contributed by atoms with Gasteiger partial charge in [0.15, 0.2) is 0 Å². The molecule has 0 saturated heterocycles. The molecule has 0 aliphatic heterocycles. The van der Waals surface area contributed by atoms with E-state index in [1.807, 2.05) is 6.07 Å². The van der Waals surface area contributed by atoms with Crippen molar-refractivity contribution in [1.29, 1.82) is 0 Å². The van der Waals surface area contributed by atoms with Crippen LogP contribution >= 0.6 is 12.2 Å². The van der Waals surface area contributed by atoms with Gasteiger partial charge >= 0.3 is 6.18 Å². The Kier molecular flexibility index (Phi) is 4.42. The molecule has 3 nitrogen and oxygen atoms in total. The predicted molar refractivity (Wildman–Crippen MR) is 78.9 cm³/mol. The van der Waals surface area contributed by atoms with E-state index in [1.54, 1.807) is 18.3 Å². The fourth-order valence-electron chi connectivity index (χ4n) is 1.77. The number of halogens is 3. The van der Waals surface area contributed by atoms with E-state index in [9.17, 15) is 13.2 Å². The van der Waals surface area contributed by atoms with Gasteiger partial charge in [0.1, 0.15) is 4.99 Å². The minimum absolute atomic E-state index is 0.0929. The van der Waals surface area contributed by atoms with Gasteiger partial charge < -0.3 is 11.1 Å². The SMILES string of the molecule is NC(=S)c1cc(C(F)(F)F)ccc1NCc1ccccn1. The van der Waals surface area contributed by atoms with Crippen LogP contribution in [0.25, 0.3) is 0 Å². The van der Waals surface area contributed by atoms with Gasteiger partial charge in [-0.05, 0) is 30.3 Å². The van der Waals surface area contributed by atoms with Crippen molar-refractivity contribution >= 4 is 22.9 Å². The molecular weight excluding hydrogens is 299 g/mol. The molecule has 0 fully saturated rings. The second-order valence-electron chi connectivity index (χ2n) is 4.30. The lowest BCUT2D eigenvalue weighted by molar-refractivity contribution is -0.137. The monoisotopic (exact) mass is 311 g/mol. The van der Waals surface area contributed by atoms with E-state index in [0.717, 1.165) is 17.8 Å². The second kappa shape index (κ2) is 6.09. The van der Waals surface area contributed by atoms with Crippen LogP contribution in [-0.2, 0) is 12.7 Å². The summed E-state index contributed by atoms with van der Waals surface area (Å²) in [6.45, 7) is 0.363. The van der Waals surface area contributed by atoms with Gasteiger partial charge in [-0.2, -0.15) is 13.2 Å². The van der Waals surface area contributed by atoms with Gasteiger partial charge in [0, 0.05) is 17.4 Å². The average molecular weight is 311 g/mol. The van der Waals surface area contributed by atoms with Gasteiger partial charge in [0.05, 0.1) is 17.8 Å². The molecule has 0 aliphatic carbocycles. The molecule has 1 aromatic carbocycles. The lowest BCUT2D eigenvalue weighted by Crippen LogP contribution is -2.16. The number of hydrogen-bond donors (Lipinski definition) is 2. The fourth-order valence-corrected chi connectivity index (χ4v) is 1.94. The van der Waals surface area contributed by atoms with E-state index in [4.69, 9.17) is 18.0 Å². The Labute approximate surface area is 125 Å². The highest BCUT2D eigenvalue weighted by atomic mass is 32.1. The van der Waals surface area contributed by atoms with Gasteiger partial charge in [-0.1, -0.05) is 18.3 Å². The predicted octanol–water partition coefficient (Wildman–Crippen LogP) is 3.35. The first-order valence-electron chi connectivity index (χ1n) is 6.03. The number of benzene rings is 1. The Morgan fingerprint density at radius 2 is 2.00 bits per heavy atom. The van der Waals surface area contributed by atoms with E-state index in [0.29, 0.717) is 12.2 Å². The molecule has 21 heavy (non-hydrogen) atoms. The molecule has 0 atom stereocenters. The number of rotatable bonds is 4. The van der Waals surface area contributed by atoms with Crippen molar-refractivity contribution < 1.29 is 13.2 Å². The first-order valence-corrected chi connectivity index (χ1v) is 6.43. The van der Waals surface area contributed by atoms with E-state index >= 15 is 0 Å². The number of alkyl halides is 3. The molecule has 0 aliphatic rings. The van der Waals surface area contributed by atoms with Gasteiger partial charge in [-0.15, -0.1) is 0 Å². The molecule has 0 radical (unpaired) electrons. The van der Waals surface area contributed by atoms with Crippen LogP contribution in [0.4, 0.5) is 18.9 Å². The van der Waals surface area contributed by atoms with E-state index in [2.05, 4.69) is 10.3 Å². The molecule has 7 heteroatoms. The summed E-state index contributed by atoms with van der Waals surface area (Å²) in [5.41, 5.74) is 6.08. The first-order chi connectivity index (χ1) is 9.88. The zero-order chi connectivity index (χ0) is 15.5. The van der Waals surface area contributed by atoms with Crippen LogP contribution in [0.2, 0.25) is 0 Å². The van der Waals surface area contributed by atoms with Crippen molar-refractivity contribution in [3.05, 3.63) is 59.4 Å². The molecule has 0 saturated carbocycles. The van der Waals surface area contributed by atoms with Crippen LogP contribution in [0.5, 0.6) is 0 Å². The van der Waals surface area contributed by atoms with E-state index in [-0.39, 0.29) is 10.6 Å². The third-order valence-electron chi connectivity index (χ3n) is 2.80. The van der Waals surface area contributed by atoms with Crippen molar-refractivity contribution in [2.24, 2.45) is 5.73 Å². The molecular formula is C14H12F3N3S. The molecule has 0 unspecified atom stereocenters. The molecule has 0 spiro atoms. The number of thiocarbonyl (C=S) groups is 1. The summed E-state index contributed by atoms with van der Waals surface area (Å²) in [6.07, 6.45) is -2.79. The van der Waals surface area contributed by atoms with E-state index in [1.165, 1.54) is 6.07 Å². The number of pyridine rings is 1. The quantitative estimate of drug-likeness (QED) is 0.850. The maximum Gasteiger partial charge on any atom is 0.416 e. The summed E-state index contributed by atoms with van der Waals surface area (Å²) >= 11 is 4.82. The Bertz CT molecular complexity index is 642. The zero-order valence-corrected chi connectivity index (χ0v) is 11.6. The summed E-state index contributed by atoms with van der Waals surface area (Å²) < 4.78 is 38.1. The first kappa shape index (κ1) is 15.2. The third-order valence-corrected chi connectivity index (χ3v) is 3.02. The minimum atomic E-state index is -4.43. The van der Waals surface area contributed by atoms with Gasteiger partial charge in [0.2, 0.25) is 0 Å². The maximum atomic E-state index is 12.7. The summed E-state index contributed by atoms with van der Waals surface area (Å²) in [6, 6.07) is 8.66. The molecule has 110 valence electrons. The van der Waals surface area contributed by atoms with Crippen molar-refractivity contribution in [1.82, 2.24) is 4.98 Å². The van der Waals surface area contributed by atoms with Crippen LogP contribution in [-0.4, -0.2) is 9.97 Å². The summed E-state index contributed by atoms with van der Waals surface area (Å²) in [5.74, 6) is 0. The number of nitrogens with one attached hydrogen (secondary N) is 1. The van der Waals surface area contributed by atoms with E-state index < -0.39 is 11.7 Å². The highest BCUT2D eigenvalue weighted by molar-refractivity contribution is 7.80. The topological polar surface area (TPSA) is 50.9 Å². The largest absolute Gasteiger partial charge is 0.416 e. The smallest absolute Gasteiger partial charge is 0.389 e. The fraction of sp³-hybridized carbons (Fsp3) is 0.143. The molecule has 0 bridgehead atoms. The summed E-state index contributed by atoms with van der Waals surface area (Å²) in [5, 5.41) is 2.99. The molecule has 2 aromatic rings. The Morgan fingerprint density at radius 1 is 1.24 bits per heavy atom. The minimum Gasteiger partial charge on any atom is -0.389 e. The standard InChI is InChI=1S/C14H12F3N3S/c15-14(16,17)9-4-5-12(11(7-9)13(18)21)20-8-10-3-1-2-6-19-10/h1-7,20H,8H2,(H2,18,21). The van der Waals surface area contributed by atoms with Crippen molar-refractivity contribution in [3.8, 4) is 0 Å². The van der Waals surface area contributed by atoms with Crippen LogP contribution < -0.4 is 11.1 Å². The zero-order valence-electron chi connectivity index (χ0n) is 10.8. The van der Waals surface area contributed by atoms with Crippen molar-refractivity contribution in [2.45, 2.75) is 12.7 Å². The van der Waals surface area contributed by atoms with Crippen molar-refractivity contribution in [3.63, 3.8) is 0 Å². The number of nitrogens with two attached hydrogens (primary N) is 1. The normalized spacial score (nSPS) is 11.2. The summed E-state index contributed by atoms with van der Waals surface area (Å²) in [4.78, 5) is 4.03. The van der Waals surface area contributed by atoms with Gasteiger partial charge in [-0.3, -0.25) is 4.98 Å². The number of aromatic nitrogens is 1. The molecule has 2 rings (SSSR count). The molecule has 0 amide bonds. The average Bonchev–Trinajstić information content (AvgIpc) is 2.45. The van der Waals surface area contributed by atoms with Crippen LogP contribution in [0.1, 0.15) is 16.8 Å². The Balaban J connectivity index is 2.25. The number of anilines is 1. The maximum absolute atomic E-state index is 12.7.